The van der Waals surface area contributed by atoms with Crippen LogP contribution in [0, 0.1) is 13.8 Å². The molecule has 0 atom stereocenters. The molecule has 1 rings (SSSR count). The third-order valence-electron chi connectivity index (χ3n) is 1.33. The summed E-state index contributed by atoms with van der Waals surface area (Å²) in [5, 5.41) is 0. The summed E-state index contributed by atoms with van der Waals surface area (Å²) in [5.41, 5.74) is 1.48. The fourth-order valence-electron chi connectivity index (χ4n) is 1.02. The molecule has 1 aromatic rings. The molecule has 13 heavy (non-hydrogen) atoms. The van der Waals surface area contributed by atoms with E-state index in [0.717, 1.165) is 11.4 Å². The molecule has 6 heteroatoms. The van der Waals surface area contributed by atoms with Gasteiger partial charge in [0, 0.05) is 22.1 Å². The predicted molar refractivity (Wildman–Crippen MR) is 50.0 cm³/mol. The Balaban J connectivity index is 3.03. The zero-order valence-electron chi connectivity index (χ0n) is 7.28. The highest BCUT2D eigenvalue weighted by atomic mass is 35.7. The summed E-state index contributed by atoms with van der Waals surface area (Å²) in [4.78, 5) is 7.89. The van der Waals surface area contributed by atoms with E-state index in [-0.39, 0.29) is 11.6 Å². The molecule has 0 amide bonds. The number of nitrogens with zero attached hydrogens (tertiary/aromatic N) is 2. The first kappa shape index (κ1) is 10.4. The van der Waals surface area contributed by atoms with Crippen LogP contribution in [0.4, 0.5) is 0 Å². The Labute approximate surface area is 81.4 Å². The first-order valence-corrected chi connectivity index (χ1v) is 6.08. The smallest absolute Gasteiger partial charge is 0.237 e. The zero-order valence-corrected chi connectivity index (χ0v) is 8.85. The minimum atomic E-state index is -3.56. The highest BCUT2D eigenvalue weighted by Crippen LogP contribution is 2.06. The van der Waals surface area contributed by atoms with Crippen molar-refractivity contribution in [2.24, 2.45) is 0 Å². The standard InChI is InChI=1S/C7H9ClN2O2S/c1-5-3-6(2)10-7(9-5)4-13(8,11)12/h3H,4H2,1-2H3. The van der Waals surface area contributed by atoms with Crippen LogP contribution in [0.5, 0.6) is 0 Å². The number of aryl methyl sites for hydroxylation is 2. The van der Waals surface area contributed by atoms with Gasteiger partial charge in [0.05, 0.1) is 0 Å². The summed E-state index contributed by atoms with van der Waals surface area (Å²) >= 11 is 0. The van der Waals surface area contributed by atoms with Crippen LogP contribution in [-0.4, -0.2) is 18.4 Å². The Morgan fingerprint density at radius 3 is 2.15 bits per heavy atom. The summed E-state index contributed by atoms with van der Waals surface area (Å²) in [5.74, 6) is -0.0793. The summed E-state index contributed by atoms with van der Waals surface area (Å²) < 4.78 is 21.4. The maximum Gasteiger partial charge on any atom is 0.239 e. The molecule has 0 saturated carbocycles. The van der Waals surface area contributed by atoms with Crippen molar-refractivity contribution in [1.82, 2.24) is 9.97 Å². The maximum atomic E-state index is 10.7. The SMILES string of the molecule is Cc1cc(C)nc(CS(=O)(=O)Cl)n1. The molecular formula is C7H9ClN2O2S. The molecule has 0 spiro atoms. The van der Waals surface area contributed by atoms with Gasteiger partial charge in [-0.25, -0.2) is 18.4 Å². The van der Waals surface area contributed by atoms with Crippen molar-refractivity contribution < 1.29 is 8.42 Å². The van der Waals surface area contributed by atoms with Crippen LogP contribution in [0.1, 0.15) is 17.2 Å². The average Bonchev–Trinajstić information content (AvgIpc) is 1.78. The van der Waals surface area contributed by atoms with Gasteiger partial charge in [0.2, 0.25) is 9.05 Å². The first-order valence-electron chi connectivity index (χ1n) is 3.60. The molecule has 0 aliphatic rings. The normalized spacial score (nSPS) is 11.6. The van der Waals surface area contributed by atoms with E-state index in [0.29, 0.717) is 0 Å². The largest absolute Gasteiger partial charge is 0.239 e. The quantitative estimate of drug-likeness (QED) is 0.702. The molecular weight excluding hydrogens is 212 g/mol. The lowest BCUT2D eigenvalue weighted by Gasteiger charge is -2.00. The van der Waals surface area contributed by atoms with Crippen LogP contribution < -0.4 is 0 Å². The van der Waals surface area contributed by atoms with Gasteiger partial charge in [-0.1, -0.05) is 0 Å². The second-order valence-corrected chi connectivity index (χ2v) is 5.53. The van der Waals surface area contributed by atoms with Crippen LogP contribution >= 0.6 is 10.7 Å². The van der Waals surface area contributed by atoms with E-state index in [4.69, 9.17) is 10.7 Å². The number of aromatic nitrogens is 2. The van der Waals surface area contributed by atoms with Crippen molar-refractivity contribution in [3.05, 3.63) is 23.3 Å². The molecule has 1 heterocycles. The van der Waals surface area contributed by atoms with E-state index in [1.54, 1.807) is 19.9 Å². The van der Waals surface area contributed by atoms with E-state index in [9.17, 15) is 8.42 Å². The minimum absolute atomic E-state index is 0.243. The molecule has 0 aliphatic carbocycles. The van der Waals surface area contributed by atoms with Crippen LogP contribution in [0.2, 0.25) is 0 Å². The van der Waals surface area contributed by atoms with E-state index >= 15 is 0 Å². The van der Waals surface area contributed by atoms with E-state index in [1.165, 1.54) is 0 Å². The van der Waals surface area contributed by atoms with Gasteiger partial charge in [0.15, 0.2) is 0 Å². The minimum Gasteiger partial charge on any atom is -0.237 e. The highest BCUT2D eigenvalue weighted by Gasteiger charge is 2.10. The summed E-state index contributed by atoms with van der Waals surface area (Å²) in [6.45, 7) is 3.55. The van der Waals surface area contributed by atoms with Gasteiger partial charge in [0.1, 0.15) is 11.6 Å². The first-order chi connectivity index (χ1) is 5.87. The van der Waals surface area contributed by atoms with E-state index in [1.807, 2.05) is 0 Å². The van der Waals surface area contributed by atoms with Crippen LogP contribution in [0.3, 0.4) is 0 Å². The molecule has 72 valence electrons. The maximum absolute atomic E-state index is 10.7. The molecule has 4 nitrogen and oxygen atoms in total. The van der Waals surface area contributed by atoms with Gasteiger partial charge >= 0.3 is 0 Å². The van der Waals surface area contributed by atoms with Crippen molar-refractivity contribution in [2.45, 2.75) is 19.6 Å². The molecule has 0 aliphatic heterocycles. The topological polar surface area (TPSA) is 59.9 Å². The Morgan fingerprint density at radius 2 is 1.77 bits per heavy atom. The van der Waals surface area contributed by atoms with Crippen molar-refractivity contribution >= 4 is 19.7 Å². The van der Waals surface area contributed by atoms with Gasteiger partial charge in [0.25, 0.3) is 0 Å². The zero-order chi connectivity index (χ0) is 10.1. The lowest BCUT2D eigenvalue weighted by molar-refractivity contribution is 0.607. The van der Waals surface area contributed by atoms with Gasteiger partial charge in [-0.3, -0.25) is 0 Å². The van der Waals surface area contributed by atoms with Crippen molar-refractivity contribution in [1.29, 1.82) is 0 Å². The monoisotopic (exact) mass is 220 g/mol. The molecule has 0 unspecified atom stereocenters. The number of rotatable bonds is 2. The van der Waals surface area contributed by atoms with Crippen LogP contribution in [-0.2, 0) is 14.8 Å². The van der Waals surface area contributed by atoms with Crippen LogP contribution in [0.15, 0.2) is 6.07 Å². The Morgan fingerprint density at radius 1 is 1.31 bits per heavy atom. The van der Waals surface area contributed by atoms with Gasteiger partial charge in [-0.05, 0) is 19.9 Å². The molecule has 0 bridgehead atoms. The van der Waals surface area contributed by atoms with Gasteiger partial charge < -0.3 is 0 Å². The highest BCUT2D eigenvalue weighted by molar-refractivity contribution is 8.13. The second-order valence-electron chi connectivity index (χ2n) is 2.75. The number of hydrogen-bond acceptors (Lipinski definition) is 4. The third kappa shape index (κ3) is 3.69. The Hall–Kier alpha value is -0.680. The molecule has 0 radical (unpaired) electrons. The fourth-order valence-corrected chi connectivity index (χ4v) is 1.75. The van der Waals surface area contributed by atoms with E-state index in [2.05, 4.69) is 9.97 Å². The fraction of sp³-hybridized carbons (Fsp3) is 0.429. The van der Waals surface area contributed by atoms with Gasteiger partial charge in [-0.15, -0.1) is 0 Å². The van der Waals surface area contributed by atoms with Gasteiger partial charge in [-0.2, -0.15) is 0 Å². The second kappa shape index (κ2) is 3.59. The van der Waals surface area contributed by atoms with Crippen LogP contribution in [0.25, 0.3) is 0 Å². The average molecular weight is 221 g/mol. The Bertz CT molecular complexity index is 396. The molecule has 0 aromatic carbocycles. The molecule has 0 fully saturated rings. The summed E-state index contributed by atoms with van der Waals surface area (Å²) in [6, 6.07) is 1.77. The molecule has 0 N–H and O–H groups in total. The predicted octanol–water partition coefficient (Wildman–Crippen LogP) is 1.16. The van der Waals surface area contributed by atoms with Crippen molar-refractivity contribution in [3.8, 4) is 0 Å². The Kier molecular flexibility index (Phi) is 2.87. The number of halogens is 1. The van der Waals surface area contributed by atoms with Crippen molar-refractivity contribution in [2.75, 3.05) is 0 Å². The molecule has 0 saturated heterocycles. The number of hydrogen-bond donors (Lipinski definition) is 0. The summed E-state index contributed by atoms with van der Waals surface area (Å²) in [7, 11) is 1.50. The lowest BCUT2D eigenvalue weighted by Crippen LogP contribution is -2.03. The summed E-state index contributed by atoms with van der Waals surface area (Å²) in [6.07, 6.45) is 0. The van der Waals surface area contributed by atoms with E-state index < -0.39 is 9.05 Å². The molecule has 1 aromatic heterocycles. The van der Waals surface area contributed by atoms with Crippen molar-refractivity contribution in [3.63, 3.8) is 0 Å². The lowest BCUT2D eigenvalue weighted by atomic mass is 10.3. The third-order valence-corrected chi connectivity index (χ3v) is 2.26.